The van der Waals surface area contributed by atoms with Gasteiger partial charge in [-0.25, -0.2) is 0 Å². The van der Waals surface area contributed by atoms with Gasteiger partial charge in [0.1, 0.15) is 41.4 Å². The minimum absolute atomic E-state index is 0.259. The maximum atomic E-state index is 11.1. The van der Waals surface area contributed by atoms with Gasteiger partial charge in [0.25, 0.3) is 0 Å². The topological polar surface area (TPSA) is 86.6 Å². The molecule has 2 N–H and O–H groups in total. The number of thioether (sulfide) groups is 1. The summed E-state index contributed by atoms with van der Waals surface area (Å²) in [4.78, 5) is 0.988. The van der Waals surface area contributed by atoms with Crippen LogP contribution in [0.2, 0.25) is 0 Å². The maximum Gasteiger partial charge on any atom is 0.137 e. The molecular weight excluding hydrogens is 480 g/mol. The fraction of sp³-hybridized carbons (Fsp3) is 0.357. The van der Waals surface area contributed by atoms with E-state index in [1.165, 1.54) is 11.8 Å². The third kappa shape index (κ3) is 6.79. The van der Waals surface area contributed by atoms with E-state index in [2.05, 4.69) is 0 Å². The first-order valence-electron chi connectivity index (χ1n) is 11.8. The summed E-state index contributed by atoms with van der Waals surface area (Å²) in [6.45, 7) is 0.221. The average molecular weight is 513 g/mol. The van der Waals surface area contributed by atoms with E-state index in [-0.39, 0.29) is 13.2 Å². The van der Waals surface area contributed by atoms with Gasteiger partial charge in [-0.3, -0.25) is 0 Å². The summed E-state index contributed by atoms with van der Waals surface area (Å²) < 4.78 is 29.2. The predicted molar refractivity (Wildman–Crippen MR) is 137 cm³/mol. The van der Waals surface area contributed by atoms with Crippen LogP contribution in [0.15, 0.2) is 83.8 Å². The number of hydrogen-bond acceptors (Lipinski definition) is 8. The summed E-state index contributed by atoms with van der Waals surface area (Å²) in [5.41, 5.74) is 1.37. The van der Waals surface area contributed by atoms with Crippen molar-refractivity contribution in [1.29, 1.82) is 0 Å². The predicted octanol–water partition coefficient (Wildman–Crippen LogP) is 4.04. The summed E-state index contributed by atoms with van der Waals surface area (Å²) in [6.07, 6.45) is -3.19. The first-order valence-corrected chi connectivity index (χ1v) is 12.6. The van der Waals surface area contributed by atoms with Gasteiger partial charge >= 0.3 is 0 Å². The summed E-state index contributed by atoms with van der Waals surface area (Å²) in [5, 5.41) is 21.0. The summed E-state index contributed by atoms with van der Waals surface area (Å²) >= 11 is 1.48. The molecule has 1 aliphatic rings. The van der Waals surface area contributed by atoms with E-state index in [1.54, 1.807) is 14.2 Å². The highest BCUT2D eigenvalue weighted by molar-refractivity contribution is 7.99. The second-order valence-corrected chi connectivity index (χ2v) is 9.57. The molecule has 8 heteroatoms. The van der Waals surface area contributed by atoms with Crippen LogP contribution < -0.4 is 9.47 Å². The molecule has 7 nitrogen and oxygen atoms in total. The van der Waals surface area contributed by atoms with E-state index in [0.717, 1.165) is 27.5 Å². The molecule has 1 aliphatic heterocycles. The molecule has 5 atom stereocenters. The van der Waals surface area contributed by atoms with Crippen molar-refractivity contribution in [3.05, 3.63) is 90.0 Å². The molecule has 3 aromatic rings. The molecule has 0 unspecified atom stereocenters. The molecule has 36 heavy (non-hydrogen) atoms. The average Bonchev–Trinajstić information content (AvgIpc) is 2.93. The van der Waals surface area contributed by atoms with Crippen molar-refractivity contribution in [3.63, 3.8) is 0 Å². The Morgan fingerprint density at radius 2 is 1.28 bits per heavy atom. The second-order valence-electron chi connectivity index (χ2n) is 8.39. The Balaban J connectivity index is 1.55. The van der Waals surface area contributed by atoms with E-state index < -0.39 is 29.9 Å². The molecule has 0 spiro atoms. The molecule has 0 saturated carbocycles. The number of rotatable bonds is 11. The number of aliphatic hydroxyl groups excluding tert-OH is 2. The standard InChI is InChI=1S/C28H32O7S/c1-31-21-12-8-19(9-13-21)17-33-26-25(30)24(16-29)35-28(36-23-6-4-3-5-7-23)27(26)34-18-20-10-14-22(32-2)15-11-20/h3-15,24-30H,16-18H2,1-2H3/t24-,25-,26+,27-,28+/m1/s1. The minimum Gasteiger partial charge on any atom is -0.497 e. The van der Waals surface area contributed by atoms with Crippen LogP contribution in [-0.4, -0.2) is 60.9 Å². The lowest BCUT2D eigenvalue weighted by molar-refractivity contribution is -0.237. The maximum absolute atomic E-state index is 11.1. The molecule has 0 radical (unpaired) electrons. The van der Waals surface area contributed by atoms with Crippen molar-refractivity contribution in [2.24, 2.45) is 0 Å². The van der Waals surface area contributed by atoms with Gasteiger partial charge in [0.05, 0.1) is 34.0 Å². The summed E-state index contributed by atoms with van der Waals surface area (Å²) in [7, 11) is 3.24. The molecule has 0 amide bonds. The van der Waals surface area contributed by atoms with Crippen molar-refractivity contribution in [3.8, 4) is 11.5 Å². The van der Waals surface area contributed by atoms with Crippen molar-refractivity contribution < 1.29 is 33.9 Å². The Morgan fingerprint density at radius 3 is 1.78 bits per heavy atom. The van der Waals surface area contributed by atoms with Crippen LogP contribution in [-0.2, 0) is 27.4 Å². The van der Waals surface area contributed by atoms with Gasteiger partial charge in [-0.05, 0) is 47.5 Å². The van der Waals surface area contributed by atoms with E-state index in [0.29, 0.717) is 6.61 Å². The van der Waals surface area contributed by atoms with Crippen molar-refractivity contribution in [2.45, 2.75) is 48.0 Å². The number of hydrogen-bond donors (Lipinski definition) is 2. The minimum atomic E-state index is -1.07. The zero-order chi connectivity index (χ0) is 25.3. The van der Waals surface area contributed by atoms with Gasteiger partial charge in [-0.2, -0.15) is 0 Å². The van der Waals surface area contributed by atoms with Crippen LogP contribution in [0.3, 0.4) is 0 Å². The van der Waals surface area contributed by atoms with E-state index in [9.17, 15) is 10.2 Å². The summed E-state index contributed by atoms with van der Waals surface area (Å²) in [6, 6.07) is 25.0. The van der Waals surface area contributed by atoms with Gasteiger partial charge in [0, 0.05) is 4.90 Å². The van der Waals surface area contributed by atoms with E-state index in [1.807, 2.05) is 78.9 Å². The number of benzene rings is 3. The fourth-order valence-electron chi connectivity index (χ4n) is 3.97. The molecule has 0 bridgehead atoms. The quantitative estimate of drug-likeness (QED) is 0.398. The highest BCUT2D eigenvalue weighted by atomic mass is 32.2. The van der Waals surface area contributed by atoms with Crippen LogP contribution >= 0.6 is 11.8 Å². The summed E-state index contributed by atoms with van der Waals surface area (Å²) in [5.74, 6) is 1.52. The lowest BCUT2D eigenvalue weighted by atomic mass is 9.99. The number of methoxy groups -OCH3 is 2. The monoisotopic (exact) mass is 512 g/mol. The molecule has 1 heterocycles. The van der Waals surface area contributed by atoms with Crippen LogP contribution in [0.25, 0.3) is 0 Å². The fourth-order valence-corrected chi connectivity index (χ4v) is 5.11. The molecule has 1 fully saturated rings. The largest absolute Gasteiger partial charge is 0.497 e. The first-order chi connectivity index (χ1) is 17.6. The molecule has 4 rings (SSSR count). The van der Waals surface area contributed by atoms with Crippen molar-refractivity contribution in [1.82, 2.24) is 0 Å². The Labute approximate surface area is 215 Å². The van der Waals surface area contributed by atoms with Crippen LogP contribution in [0.1, 0.15) is 11.1 Å². The van der Waals surface area contributed by atoms with E-state index in [4.69, 9.17) is 23.7 Å². The molecule has 192 valence electrons. The Bertz CT molecular complexity index is 1050. The van der Waals surface area contributed by atoms with Gasteiger partial charge in [0.15, 0.2) is 0 Å². The molecule has 3 aromatic carbocycles. The van der Waals surface area contributed by atoms with Gasteiger partial charge in [-0.1, -0.05) is 54.2 Å². The number of ether oxygens (including phenoxy) is 5. The lowest BCUT2D eigenvalue weighted by Gasteiger charge is -2.43. The number of aliphatic hydroxyl groups is 2. The van der Waals surface area contributed by atoms with Crippen LogP contribution in [0.4, 0.5) is 0 Å². The molecular formula is C28H32O7S. The highest BCUT2D eigenvalue weighted by Gasteiger charge is 2.47. The zero-order valence-electron chi connectivity index (χ0n) is 20.4. The van der Waals surface area contributed by atoms with Gasteiger partial charge in [0.2, 0.25) is 0 Å². The normalized spacial score (nSPS) is 23.8. The first kappa shape index (κ1) is 26.5. The Kier molecular flexibility index (Phi) is 9.63. The second kappa shape index (κ2) is 13.1. The van der Waals surface area contributed by atoms with Crippen molar-refractivity contribution >= 4 is 11.8 Å². The third-order valence-electron chi connectivity index (χ3n) is 6.00. The Hall–Kier alpha value is -2.59. The molecule has 0 aliphatic carbocycles. The SMILES string of the molecule is COc1ccc(CO[C@@H]2[C@@H](OCc3ccc(OC)cc3)[C@H](O)[C@@H](CO)O[C@H]2Sc2ccccc2)cc1. The molecule has 1 saturated heterocycles. The highest BCUT2D eigenvalue weighted by Crippen LogP contribution is 2.36. The van der Waals surface area contributed by atoms with Gasteiger partial charge in [-0.15, -0.1) is 0 Å². The van der Waals surface area contributed by atoms with E-state index >= 15 is 0 Å². The zero-order valence-corrected chi connectivity index (χ0v) is 21.2. The molecule has 0 aromatic heterocycles. The van der Waals surface area contributed by atoms with Crippen molar-refractivity contribution in [2.75, 3.05) is 20.8 Å². The smallest absolute Gasteiger partial charge is 0.137 e. The lowest BCUT2D eigenvalue weighted by Crippen LogP contribution is -2.59. The van der Waals surface area contributed by atoms with Gasteiger partial charge < -0.3 is 33.9 Å². The van der Waals surface area contributed by atoms with Crippen LogP contribution in [0, 0.1) is 0 Å². The Morgan fingerprint density at radius 1 is 0.750 bits per heavy atom. The van der Waals surface area contributed by atoms with Crippen LogP contribution in [0.5, 0.6) is 11.5 Å². The third-order valence-corrected chi connectivity index (χ3v) is 7.15.